The lowest BCUT2D eigenvalue weighted by molar-refractivity contribution is 0.131. The van der Waals surface area contributed by atoms with E-state index in [2.05, 4.69) is 40.7 Å². The molecule has 1 nitrogen and oxygen atoms in total. The molecular formula is C14H26O. The highest BCUT2D eigenvalue weighted by Crippen LogP contribution is 2.28. The van der Waals surface area contributed by atoms with E-state index in [4.69, 9.17) is 0 Å². The normalized spacial score (nSPS) is 14.0. The molecule has 0 aromatic rings. The fourth-order valence-electron chi connectivity index (χ4n) is 2.21. The Morgan fingerprint density at radius 1 is 1.00 bits per heavy atom. The van der Waals surface area contributed by atoms with Gasteiger partial charge in [-0.2, -0.15) is 0 Å². The topological polar surface area (TPSA) is 20.2 Å². The smallest absolute Gasteiger partial charge is 0.0774 e. The molecule has 88 valence electrons. The van der Waals surface area contributed by atoms with E-state index >= 15 is 0 Å². The maximum absolute atomic E-state index is 9.67. The predicted octanol–water partition coefficient (Wildman–Crippen LogP) is 4.09. The van der Waals surface area contributed by atoms with Crippen LogP contribution in [0.4, 0.5) is 0 Å². The fourth-order valence-corrected chi connectivity index (χ4v) is 2.21. The minimum absolute atomic E-state index is 0.171. The molecule has 0 aliphatic heterocycles. The molecule has 0 aliphatic rings. The summed E-state index contributed by atoms with van der Waals surface area (Å²) in [7, 11) is 0. The Bertz CT molecular complexity index is 258. The Morgan fingerprint density at radius 3 is 1.80 bits per heavy atom. The van der Waals surface area contributed by atoms with Crippen molar-refractivity contribution in [2.75, 3.05) is 0 Å². The molecule has 1 heteroatoms. The molecular weight excluding hydrogens is 184 g/mol. The Morgan fingerprint density at radius 2 is 1.47 bits per heavy atom. The second kappa shape index (κ2) is 4.98. The van der Waals surface area contributed by atoms with E-state index in [1.807, 2.05) is 19.9 Å². The van der Waals surface area contributed by atoms with Gasteiger partial charge in [-0.1, -0.05) is 37.1 Å². The van der Waals surface area contributed by atoms with Crippen LogP contribution in [0, 0.1) is 5.41 Å². The van der Waals surface area contributed by atoms with Crippen molar-refractivity contribution in [1.82, 2.24) is 0 Å². The number of hydrogen-bond donors (Lipinski definition) is 1. The van der Waals surface area contributed by atoms with Gasteiger partial charge in [-0.25, -0.2) is 0 Å². The van der Waals surface area contributed by atoms with Gasteiger partial charge in [0.05, 0.1) is 5.60 Å². The van der Waals surface area contributed by atoms with Crippen molar-refractivity contribution in [3.8, 4) is 0 Å². The maximum Gasteiger partial charge on any atom is 0.0774 e. The highest BCUT2D eigenvalue weighted by molar-refractivity contribution is 5.12. The van der Waals surface area contributed by atoms with Gasteiger partial charge in [-0.3, -0.25) is 0 Å². The van der Waals surface area contributed by atoms with Crippen LogP contribution < -0.4 is 0 Å². The van der Waals surface area contributed by atoms with Gasteiger partial charge >= 0.3 is 0 Å². The van der Waals surface area contributed by atoms with Crippen molar-refractivity contribution >= 4 is 0 Å². The van der Waals surface area contributed by atoms with Gasteiger partial charge in [-0.05, 0) is 46.5 Å². The van der Waals surface area contributed by atoms with Crippen molar-refractivity contribution in [3.63, 3.8) is 0 Å². The van der Waals surface area contributed by atoms with Crippen molar-refractivity contribution in [2.24, 2.45) is 5.41 Å². The number of aliphatic hydroxyl groups is 1. The molecule has 0 rings (SSSR count). The average molecular weight is 210 g/mol. The van der Waals surface area contributed by atoms with Gasteiger partial charge in [-0.15, -0.1) is 0 Å². The van der Waals surface area contributed by atoms with Crippen molar-refractivity contribution in [1.29, 1.82) is 0 Å². The van der Waals surface area contributed by atoms with E-state index in [9.17, 15) is 5.11 Å². The first kappa shape index (κ1) is 14.4. The summed E-state index contributed by atoms with van der Waals surface area (Å²) in [6.07, 6.45) is 5.21. The molecule has 1 N–H and O–H groups in total. The first-order valence-corrected chi connectivity index (χ1v) is 5.59. The minimum atomic E-state index is -0.703. The average Bonchev–Trinajstić information content (AvgIpc) is 1.73. The molecule has 0 amide bonds. The fraction of sp³-hybridized carbons (Fsp3) is 0.714. The molecule has 15 heavy (non-hydrogen) atoms. The number of hydrogen-bond acceptors (Lipinski definition) is 1. The van der Waals surface area contributed by atoms with Gasteiger partial charge < -0.3 is 5.11 Å². The lowest BCUT2D eigenvalue weighted by atomic mass is 9.83. The van der Waals surface area contributed by atoms with E-state index in [0.29, 0.717) is 0 Å². The van der Waals surface area contributed by atoms with Crippen LogP contribution in [0.15, 0.2) is 23.3 Å². The second-order valence-corrected chi connectivity index (χ2v) is 6.03. The van der Waals surface area contributed by atoms with Crippen LogP contribution in [0.3, 0.4) is 0 Å². The standard InChI is InChI=1S/C14H26O/c1-11(2)8-13(4,5)9-12(3)10-14(6,7)15/h8,10,15H,9H2,1-7H3/b12-10+. The third-order valence-electron chi connectivity index (χ3n) is 2.01. The summed E-state index contributed by atoms with van der Waals surface area (Å²) in [6.45, 7) is 14.4. The third-order valence-corrected chi connectivity index (χ3v) is 2.01. The summed E-state index contributed by atoms with van der Waals surface area (Å²) in [5.74, 6) is 0. The van der Waals surface area contributed by atoms with Crippen LogP contribution in [-0.4, -0.2) is 10.7 Å². The van der Waals surface area contributed by atoms with Gasteiger partial charge in [0.2, 0.25) is 0 Å². The monoisotopic (exact) mass is 210 g/mol. The third kappa shape index (κ3) is 8.44. The van der Waals surface area contributed by atoms with Gasteiger partial charge in [0.1, 0.15) is 0 Å². The lowest BCUT2D eigenvalue weighted by Gasteiger charge is -2.23. The molecule has 0 unspecified atom stereocenters. The second-order valence-electron chi connectivity index (χ2n) is 6.03. The zero-order chi connectivity index (χ0) is 12.3. The Labute approximate surface area is 94.9 Å². The summed E-state index contributed by atoms with van der Waals surface area (Å²) in [5, 5.41) is 9.67. The summed E-state index contributed by atoms with van der Waals surface area (Å²) in [5.41, 5.74) is 2.05. The predicted molar refractivity (Wildman–Crippen MR) is 67.9 cm³/mol. The highest BCUT2D eigenvalue weighted by Gasteiger charge is 2.17. The minimum Gasteiger partial charge on any atom is -0.386 e. The van der Waals surface area contributed by atoms with E-state index in [-0.39, 0.29) is 5.41 Å². The Hall–Kier alpha value is -0.560. The summed E-state index contributed by atoms with van der Waals surface area (Å²) in [4.78, 5) is 0. The van der Waals surface area contributed by atoms with Gasteiger partial charge in [0.25, 0.3) is 0 Å². The summed E-state index contributed by atoms with van der Waals surface area (Å²) >= 11 is 0. The van der Waals surface area contributed by atoms with Crippen molar-refractivity contribution < 1.29 is 5.11 Å². The quantitative estimate of drug-likeness (QED) is 0.693. The lowest BCUT2D eigenvalue weighted by Crippen LogP contribution is -2.16. The van der Waals surface area contributed by atoms with Crippen LogP contribution in [-0.2, 0) is 0 Å². The van der Waals surface area contributed by atoms with E-state index in [1.165, 1.54) is 11.1 Å². The van der Waals surface area contributed by atoms with Gasteiger partial charge in [0.15, 0.2) is 0 Å². The molecule has 0 radical (unpaired) electrons. The highest BCUT2D eigenvalue weighted by atomic mass is 16.3. The molecule has 0 atom stereocenters. The zero-order valence-electron chi connectivity index (χ0n) is 11.3. The van der Waals surface area contributed by atoms with E-state index < -0.39 is 5.60 Å². The zero-order valence-corrected chi connectivity index (χ0v) is 11.3. The molecule has 0 bridgehead atoms. The summed E-state index contributed by atoms with van der Waals surface area (Å²) < 4.78 is 0. The molecule has 0 aromatic heterocycles. The first-order valence-electron chi connectivity index (χ1n) is 5.59. The van der Waals surface area contributed by atoms with Crippen LogP contribution in [0.2, 0.25) is 0 Å². The molecule has 0 aromatic carbocycles. The Kier molecular flexibility index (Phi) is 4.79. The van der Waals surface area contributed by atoms with Crippen molar-refractivity contribution in [2.45, 2.75) is 60.5 Å². The Balaban J connectivity index is 4.61. The summed E-state index contributed by atoms with van der Waals surface area (Å²) in [6, 6.07) is 0. The number of allylic oxidation sites excluding steroid dienone is 3. The van der Waals surface area contributed by atoms with E-state index in [0.717, 1.165) is 6.42 Å². The maximum atomic E-state index is 9.67. The molecule has 0 saturated carbocycles. The molecule has 0 aliphatic carbocycles. The number of rotatable bonds is 4. The van der Waals surface area contributed by atoms with E-state index in [1.54, 1.807) is 0 Å². The van der Waals surface area contributed by atoms with Crippen LogP contribution in [0.5, 0.6) is 0 Å². The molecule has 0 spiro atoms. The molecule has 0 fully saturated rings. The largest absolute Gasteiger partial charge is 0.386 e. The molecule has 0 heterocycles. The SMILES string of the molecule is CC(C)=CC(C)(C)C/C(C)=C/C(C)(C)O. The van der Waals surface area contributed by atoms with Gasteiger partial charge in [0, 0.05) is 0 Å². The van der Waals surface area contributed by atoms with Crippen molar-refractivity contribution in [3.05, 3.63) is 23.3 Å². The molecule has 0 saturated heterocycles. The van der Waals surface area contributed by atoms with Crippen LogP contribution in [0.25, 0.3) is 0 Å². The first-order chi connectivity index (χ1) is 6.52. The van der Waals surface area contributed by atoms with Crippen LogP contribution in [0.1, 0.15) is 54.9 Å². The van der Waals surface area contributed by atoms with Crippen LogP contribution >= 0.6 is 0 Å².